The first-order valence-corrected chi connectivity index (χ1v) is 28.4. The molecule has 11 aromatic carbocycles. The minimum Gasteiger partial charge on any atom is -0.0656 e. The molecule has 11 aromatic rings. The molecule has 0 nitrogen and oxygen atoms in total. The standard InChI is InChI=1S/C58H48Si2/c1-59(2,3)41-32-40(33-42(34-41)60(4,5)6)53-35-54(46-25-13-19-37-16-7-10-22-43(37)46)50-30-31-52-56(48-27-15-21-39-18-9-12-24-45(39)48)36-55(51-29-28-49(53)57(50)58(51)52)47-26-14-20-38-17-8-11-23-44(38)47/h7-36H,1-6H3. The molecule has 0 atom stereocenters. The Balaban J connectivity index is 1.36. The van der Waals surface area contributed by atoms with Gasteiger partial charge >= 0.3 is 0 Å². The van der Waals surface area contributed by atoms with Gasteiger partial charge in [-0.3, -0.25) is 0 Å². The first-order chi connectivity index (χ1) is 29.0. The third-order valence-corrected chi connectivity index (χ3v) is 17.2. The van der Waals surface area contributed by atoms with Gasteiger partial charge in [0.05, 0.1) is 16.1 Å². The van der Waals surface area contributed by atoms with Crippen molar-refractivity contribution in [2.45, 2.75) is 39.3 Å². The lowest BCUT2D eigenvalue weighted by molar-refractivity contribution is 1.63. The third-order valence-electron chi connectivity index (χ3n) is 13.1. The molecule has 0 bridgehead atoms. The molecule has 0 saturated heterocycles. The van der Waals surface area contributed by atoms with E-state index in [9.17, 15) is 0 Å². The van der Waals surface area contributed by atoms with Crippen LogP contribution in [-0.4, -0.2) is 16.1 Å². The minimum absolute atomic E-state index is 1.26. The number of benzene rings is 11. The van der Waals surface area contributed by atoms with Gasteiger partial charge in [0.1, 0.15) is 0 Å². The van der Waals surface area contributed by atoms with E-state index in [1.165, 1.54) is 120 Å². The monoisotopic (exact) mass is 800 g/mol. The molecule has 60 heavy (non-hydrogen) atoms. The van der Waals surface area contributed by atoms with Gasteiger partial charge in [0.15, 0.2) is 0 Å². The highest BCUT2D eigenvalue weighted by atomic mass is 28.3. The topological polar surface area (TPSA) is 0 Å². The molecule has 0 amide bonds. The fraction of sp³-hybridized carbons (Fsp3) is 0.103. The van der Waals surface area contributed by atoms with Crippen molar-refractivity contribution in [1.82, 2.24) is 0 Å². The van der Waals surface area contributed by atoms with Gasteiger partial charge in [-0.15, -0.1) is 0 Å². The maximum Gasteiger partial charge on any atom is 0.0776 e. The molecule has 0 saturated carbocycles. The molecular formula is C58H48Si2. The van der Waals surface area contributed by atoms with Crippen LogP contribution in [0.3, 0.4) is 0 Å². The van der Waals surface area contributed by atoms with Gasteiger partial charge in [-0.2, -0.15) is 0 Å². The van der Waals surface area contributed by atoms with Crippen molar-refractivity contribution in [3.8, 4) is 44.5 Å². The molecule has 0 N–H and O–H groups in total. The fourth-order valence-electron chi connectivity index (χ4n) is 9.93. The van der Waals surface area contributed by atoms with Crippen LogP contribution < -0.4 is 10.4 Å². The van der Waals surface area contributed by atoms with E-state index < -0.39 is 16.1 Å². The second-order valence-corrected chi connectivity index (χ2v) is 29.0. The summed E-state index contributed by atoms with van der Waals surface area (Å²) >= 11 is 0. The molecule has 2 heteroatoms. The maximum atomic E-state index is 2.57. The predicted molar refractivity (Wildman–Crippen MR) is 270 cm³/mol. The normalized spacial score (nSPS) is 12.5. The van der Waals surface area contributed by atoms with Gasteiger partial charge < -0.3 is 0 Å². The van der Waals surface area contributed by atoms with Crippen LogP contribution in [0.4, 0.5) is 0 Å². The van der Waals surface area contributed by atoms with Crippen LogP contribution in [0, 0.1) is 0 Å². The van der Waals surface area contributed by atoms with Gasteiger partial charge in [-0.25, -0.2) is 0 Å². The van der Waals surface area contributed by atoms with Crippen LogP contribution in [0.5, 0.6) is 0 Å². The Bertz CT molecular complexity index is 3360. The summed E-state index contributed by atoms with van der Waals surface area (Å²) in [4.78, 5) is 0. The van der Waals surface area contributed by atoms with Crippen LogP contribution >= 0.6 is 0 Å². The Morgan fingerprint density at radius 2 is 0.567 bits per heavy atom. The van der Waals surface area contributed by atoms with Crippen LogP contribution in [0.15, 0.2) is 182 Å². The molecular weight excluding hydrogens is 753 g/mol. The van der Waals surface area contributed by atoms with Crippen LogP contribution in [0.2, 0.25) is 39.3 Å². The summed E-state index contributed by atoms with van der Waals surface area (Å²) in [6.45, 7) is 15.0. The molecule has 0 aliphatic rings. The van der Waals surface area contributed by atoms with E-state index in [1.807, 2.05) is 0 Å². The van der Waals surface area contributed by atoms with Gasteiger partial charge in [0.2, 0.25) is 0 Å². The van der Waals surface area contributed by atoms with Gasteiger partial charge in [-0.1, -0.05) is 220 Å². The van der Waals surface area contributed by atoms with Gasteiger partial charge in [-0.05, 0) is 121 Å². The zero-order valence-electron chi connectivity index (χ0n) is 35.3. The lowest BCUT2D eigenvalue weighted by Gasteiger charge is -2.26. The van der Waals surface area contributed by atoms with Crippen molar-refractivity contribution in [3.05, 3.63) is 182 Å². The van der Waals surface area contributed by atoms with Crippen molar-refractivity contribution >= 4 is 91.2 Å². The first-order valence-electron chi connectivity index (χ1n) is 21.4. The number of hydrogen-bond donors (Lipinski definition) is 0. The predicted octanol–water partition coefficient (Wildman–Crippen LogP) is 15.8. The molecule has 288 valence electrons. The van der Waals surface area contributed by atoms with Gasteiger partial charge in [0.25, 0.3) is 0 Å². The molecule has 0 aliphatic carbocycles. The molecule has 11 rings (SSSR count). The molecule has 0 aliphatic heterocycles. The second-order valence-electron chi connectivity index (χ2n) is 18.9. The molecule has 0 unspecified atom stereocenters. The maximum absolute atomic E-state index is 2.57. The molecule has 0 aromatic heterocycles. The average Bonchev–Trinajstić information content (AvgIpc) is 3.26. The summed E-state index contributed by atoms with van der Waals surface area (Å²) in [5, 5.41) is 18.6. The van der Waals surface area contributed by atoms with Crippen LogP contribution in [-0.2, 0) is 0 Å². The van der Waals surface area contributed by atoms with Crippen molar-refractivity contribution in [3.63, 3.8) is 0 Å². The highest BCUT2D eigenvalue weighted by molar-refractivity contribution is 6.91. The second kappa shape index (κ2) is 13.6. The Morgan fingerprint density at radius 3 is 0.933 bits per heavy atom. The summed E-state index contributed by atoms with van der Waals surface area (Å²) in [7, 11) is -3.33. The summed E-state index contributed by atoms with van der Waals surface area (Å²) in [5.41, 5.74) is 10.3. The highest BCUT2D eigenvalue weighted by Crippen LogP contribution is 2.50. The van der Waals surface area contributed by atoms with E-state index in [1.54, 1.807) is 0 Å². The molecule has 0 fully saturated rings. The number of fused-ring (bicyclic) bond motifs is 3. The van der Waals surface area contributed by atoms with Crippen LogP contribution in [0.1, 0.15) is 0 Å². The fourth-order valence-corrected chi connectivity index (χ4v) is 12.4. The average molecular weight is 801 g/mol. The van der Waals surface area contributed by atoms with Crippen molar-refractivity contribution < 1.29 is 0 Å². The quantitative estimate of drug-likeness (QED) is 0.116. The minimum atomic E-state index is -1.67. The highest BCUT2D eigenvalue weighted by Gasteiger charge is 2.26. The largest absolute Gasteiger partial charge is 0.0776 e. The zero-order valence-corrected chi connectivity index (χ0v) is 37.3. The van der Waals surface area contributed by atoms with E-state index in [-0.39, 0.29) is 0 Å². The molecule has 0 radical (unpaired) electrons. The SMILES string of the molecule is C[Si](C)(C)c1cc(-c2cc(-c3cccc4ccccc34)c3ccc4c(-c5cccc6ccccc56)cc(-c5cccc6ccccc56)c5ccc2c3c54)cc([Si](C)(C)C)c1. The van der Waals surface area contributed by atoms with Crippen molar-refractivity contribution in [2.24, 2.45) is 0 Å². The Labute approximate surface area is 355 Å². The van der Waals surface area contributed by atoms with E-state index >= 15 is 0 Å². The summed E-state index contributed by atoms with van der Waals surface area (Å²) in [6, 6.07) is 69.5. The Morgan fingerprint density at radius 1 is 0.250 bits per heavy atom. The van der Waals surface area contributed by atoms with E-state index in [0.717, 1.165) is 0 Å². The summed E-state index contributed by atoms with van der Waals surface area (Å²) < 4.78 is 0. The number of rotatable bonds is 6. The van der Waals surface area contributed by atoms with Crippen molar-refractivity contribution in [1.29, 1.82) is 0 Å². The lowest BCUT2D eigenvalue weighted by atomic mass is 9.80. The lowest BCUT2D eigenvalue weighted by Crippen LogP contribution is -2.45. The van der Waals surface area contributed by atoms with E-state index in [0.29, 0.717) is 0 Å². The molecule has 0 heterocycles. The first kappa shape index (κ1) is 36.7. The smallest absolute Gasteiger partial charge is 0.0656 e. The van der Waals surface area contributed by atoms with Crippen molar-refractivity contribution in [2.75, 3.05) is 0 Å². The molecule has 0 spiro atoms. The van der Waals surface area contributed by atoms with E-state index in [2.05, 4.69) is 221 Å². The third kappa shape index (κ3) is 5.84. The van der Waals surface area contributed by atoms with E-state index in [4.69, 9.17) is 0 Å². The zero-order chi connectivity index (χ0) is 40.9. The Hall–Kier alpha value is -6.33. The van der Waals surface area contributed by atoms with Gasteiger partial charge in [0, 0.05) is 0 Å². The number of hydrogen-bond acceptors (Lipinski definition) is 0. The Kier molecular flexibility index (Phi) is 8.33. The summed E-state index contributed by atoms with van der Waals surface area (Å²) in [6.07, 6.45) is 0. The summed E-state index contributed by atoms with van der Waals surface area (Å²) in [5.74, 6) is 0. The van der Waals surface area contributed by atoms with Crippen LogP contribution in [0.25, 0.3) is 109 Å².